The summed E-state index contributed by atoms with van der Waals surface area (Å²) >= 11 is 4.19. The summed E-state index contributed by atoms with van der Waals surface area (Å²) < 4.78 is 7.82. The average molecular weight is 317 g/mol. The van der Waals surface area contributed by atoms with Gasteiger partial charge in [0.05, 0.1) is 13.7 Å². The molecule has 114 valence electrons. The first kappa shape index (κ1) is 14.5. The summed E-state index contributed by atoms with van der Waals surface area (Å²) in [5, 5.41) is 0. The third kappa shape index (κ3) is 2.31. The number of thiol groups is 1. The number of imidazole rings is 1. The maximum Gasteiger partial charge on any atom is 0.340 e. The Hall–Kier alpha value is -2.48. The summed E-state index contributed by atoms with van der Waals surface area (Å²) in [6.07, 6.45) is 0. The van der Waals surface area contributed by atoms with Crippen molar-refractivity contribution < 1.29 is 4.74 Å². The van der Waals surface area contributed by atoms with E-state index in [9.17, 15) is 4.79 Å². The lowest BCUT2D eigenvalue weighted by atomic mass is 10.2. The number of nitrogens with two attached hydrogens (primary N) is 1. The zero-order chi connectivity index (χ0) is 15.9. The molecule has 0 aliphatic carbocycles. The van der Waals surface area contributed by atoms with Crippen molar-refractivity contribution in [3.05, 3.63) is 46.1 Å². The highest BCUT2D eigenvalue weighted by Gasteiger charge is 2.17. The van der Waals surface area contributed by atoms with Gasteiger partial charge in [-0.05, 0) is 24.6 Å². The van der Waals surface area contributed by atoms with E-state index in [0.717, 1.165) is 11.3 Å². The lowest BCUT2D eigenvalue weighted by Crippen LogP contribution is -2.21. The van der Waals surface area contributed by atoms with E-state index < -0.39 is 0 Å². The van der Waals surface area contributed by atoms with Crippen molar-refractivity contribution in [1.82, 2.24) is 18.5 Å². The molecule has 0 radical (unpaired) electrons. The van der Waals surface area contributed by atoms with E-state index in [1.54, 1.807) is 14.0 Å². The number of nitrogens with zero attached hydrogens (tertiary/aromatic N) is 4. The van der Waals surface area contributed by atoms with Crippen LogP contribution in [0.4, 0.5) is 5.82 Å². The highest BCUT2D eigenvalue weighted by Crippen LogP contribution is 2.19. The van der Waals surface area contributed by atoms with Crippen molar-refractivity contribution in [1.29, 1.82) is 0 Å². The molecule has 0 unspecified atom stereocenters. The van der Waals surface area contributed by atoms with Crippen LogP contribution in [0.5, 0.6) is 5.75 Å². The molecule has 2 aromatic heterocycles. The van der Waals surface area contributed by atoms with Gasteiger partial charge in [0, 0.05) is 0 Å². The SMILES string of the molecule is COc1ccc(Cn2c(=O)n(S)c3c(N)nc(C)nc32)cc1. The van der Waals surface area contributed by atoms with Crippen LogP contribution in [0.15, 0.2) is 29.1 Å². The molecule has 0 aliphatic heterocycles. The highest BCUT2D eigenvalue weighted by atomic mass is 32.1. The van der Waals surface area contributed by atoms with Crippen LogP contribution >= 0.6 is 12.8 Å². The Bertz CT molecular complexity index is 898. The molecule has 0 aliphatic rings. The van der Waals surface area contributed by atoms with Gasteiger partial charge in [0.25, 0.3) is 0 Å². The molecule has 2 N–H and O–H groups in total. The first-order valence-electron chi connectivity index (χ1n) is 6.59. The number of aryl methyl sites for hydroxylation is 1. The van der Waals surface area contributed by atoms with Crippen molar-refractivity contribution in [2.45, 2.75) is 13.5 Å². The second-order valence-electron chi connectivity index (χ2n) is 4.86. The molecule has 2 heterocycles. The normalized spacial score (nSPS) is 11.0. The van der Waals surface area contributed by atoms with E-state index in [-0.39, 0.29) is 11.5 Å². The highest BCUT2D eigenvalue weighted by molar-refractivity contribution is 7.78. The van der Waals surface area contributed by atoms with Gasteiger partial charge >= 0.3 is 5.69 Å². The Balaban J connectivity index is 2.14. The lowest BCUT2D eigenvalue weighted by molar-refractivity contribution is 0.414. The quantitative estimate of drug-likeness (QED) is 0.710. The minimum absolute atomic E-state index is 0.239. The molecule has 7 nitrogen and oxygen atoms in total. The molecule has 0 amide bonds. The van der Waals surface area contributed by atoms with Crippen molar-refractivity contribution in [2.24, 2.45) is 0 Å². The number of aromatic nitrogens is 4. The van der Waals surface area contributed by atoms with Gasteiger partial charge in [0.1, 0.15) is 17.1 Å². The summed E-state index contributed by atoms with van der Waals surface area (Å²) in [5.41, 5.74) is 7.42. The molecular weight excluding hydrogens is 302 g/mol. The van der Waals surface area contributed by atoms with Crippen LogP contribution in [0.2, 0.25) is 0 Å². The Morgan fingerprint density at radius 1 is 1.27 bits per heavy atom. The fourth-order valence-corrected chi connectivity index (χ4v) is 2.62. The Labute approximate surface area is 131 Å². The second kappa shape index (κ2) is 5.38. The average Bonchev–Trinajstić information content (AvgIpc) is 2.73. The first-order valence-corrected chi connectivity index (χ1v) is 6.99. The van der Waals surface area contributed by atoms with E-state index >= 15 is 0 Å². The molecule has 3 rings (SSSR count). The molecule has 0 saturated carbocycles. The van der Waals surface area contributed by atoms with Crippen LogP contribution < -0.4 is 16.2 Å². The van der Waals surface area contributed by atoms with Crippen LogP contribution in [-0.2, 0) is 6.54 Å². The number of anilines is 1. The van der Waals surface area contributed by atoms with Gasteiger partial charge in [0.2, 0.25) is 0 Å². The largest absolute Gasteiger partial charge is 0.497 e. The van der Waals surface area contributed by atoms with E-state index in [1.807, 2.05) is 24.3 Å². The molecule has 0 bridgehead atoms. The summed E-state index contributed by atoms with van der Waals surface area (Å²) in [6.45, 7) is 2.09. The first-order chi connectivity index (χ1) is 10.5. The number of rotatable bonds is 3. The Morgan fingerprint density at radius 2 is 1.95 bits per heavy atom. The molecule has 22 heavy (non-hydrogen) atoms. The van der Waals surface area contributed by atoms with E-state index in [0.29, 0.717) is 23.5 Å². The Morgan fingerprint density at radius 3 is 2.59 bits per heavy atom. The van der Waals surface area contributed by atoms with Crippen LogP contribution in [0.1, 0.15) is 11.4 Å². The number of ether oxygens (including phenoxy) is 1. The molecule has 0 saturated heterocycles. The predicted molar refractivity (Wildman–Crippen MR) is 87.4 cm³/mol. The molecule has 0 spiro atoms. The number of hydrogen-bond donors (Lipinski definition) is 2. The minimum atomic E-state index is -0.305. The van der Waals surface area contributed by atoms with E-state index in [1.165, 1.54) is 8.54 Å². The van der Waals surface area contributed by atoms with Gasteiger partial charge < -0.3 is 10.5 Å². The van der Waals surface area contributed by atoms with Crippen LogP contribution in [0.3, 0.4) is 0 Å². The predicted octanol–water partition coefficient (Wildman–Crippen LogP) is 1.23. The van der Waals surface area contributed by atoms with Gasteiger partial charge in [-0.15, -0.1) is 0 Å². The number of fused-ring (bicyclic) bond motifs is 1. The van der Waals surface area contributed by atoms with E-state index in [2.05, 4.69) is 22.8 Å². The maximum absolute atomic E-state index is 12.4. The number of hydrogen-bond acceptors (Lipinski definition) is 6. The van der Waals surface area contributed by atoms with Crippen molar-refractivity contribution in [3.8, 4) is 5.75 Å². The van der Waals surface area contributed by atoms with Crippen LogP contribution in [-0.4, -0.2) is 25.6 Å². The minimum Gasteiger partial charge on any atom is -0.497 e. The number of nitrogen functional groups attached to an aromatic ring is 1. The molecule has 0 atom stereocenters. The summed E-state index contributed by atoms with van der Waals surface area (Å²) in [6, 6.07) is 7.47. The van der Waals surface area contributed by atoms with Gasteiger partial charge in [-0.2, -0.15) is 0 Å². The molecule has 1 aromatic carbocycles. The zero-order valence-corrected chi connectivity index (χ0v) is 13.0. The smallest absolute Gasteiger partial charge is 0.340 e. The van der Waals surface area contributed by atoms with Crippen molar-refractivity contribution in [2.75, 3.05) is 12.8 Å². The number of benzene rings is 1. The Kier molecular flexibility index (Phi) is 3.53. The van der Waals surface area contributed by atoms with Gasteiger partial charge in [-0.25, -0.2) is 18.7 Å². The van der Waals surface area contributed by atoms with Gasteiger partial charge in [0.15, 0.2) is 11.5 Å². The molecular formula is C14H15N5O2S. The molecule has 3 aromatic rings. The van der Waals surface area contributed by atoms with Crippen LogP contribution in [0, 0.1) is 6.92 Å². The summed E-state index contributed by atoms with van der Waals surface area (Å²) in [5.74, 6) is 1.51. The van der Waals surface area contributed by atoms with Crippen molar-refractivity contribution >= 4 is 29.8 Å². The topological polar surface area (TPSA) is 88.0 Å². The summed E-state index contributed by atoms with van der Waals surface area (Å²) in [7, 11) is 1.61. The third-order valence-electron chi connectivity index (χ3n) is 3.38. The zero-order valence-electron chi connectivity index (χ0n) is 12.1. The van der Waals surface area contributed by atoms with Crippen molar-refractivity contribution in [3.63, 3.8) is 0 Å². The molecule has 0 fully saturated rings. The van der Waals surface area contributed by atoms with Crippen LogP contribution in [0.25, 0.3) is 11.2 Å². The van der Waals surface area contributed by atoms with E-state index in [4.69, 9.17) is 10.5 Å². The third-order valence-corrected chi connectivity index (χ3v) is 3.75. The summed E-state index contributed by atoms with van der Waals surface area (Å²) in [4.78, 5) is 20.8. The van der Waals surface area contributed by atoms with Gasteiger partial charge in [-0.3, -0.25) is 4.57 Å². The number of methoxy groups -OCH3 is 1. The standard InChI is InChI=1S/C14H15N5O2S/c1-8-16-12(15)11-13(17-8)18(14(20)19(11)22)7-9-3-5-10(21-2)6-4-9/h3-6,22H,7H2,1-2H3,(H2,15,16,17). The lowest BCUT2D eigenvalue weighted by Gasteiger charge is -2.05. The fourth-order valence-electron chi connectivity index (χ4n) is 2.32. The molecule has 8 heteroatoms. The monoisotopic (exact) mass is 317 g/mol. The fraction of sp³-hybridized carbons (Fsp3) is 0.214. The van der Waals surface area contributed by atoms with Gasteiger partial charge in [-0.1, -0.05) is 24.9 Å². The second-order valence-corrected chi connectivity index (χ2v) is 5.26. The maximum atomic E-state index is 12.4.